The number of hydrogen-bond donors (Lipinski definition) is 1. The lowest BCUT2D eigenvalue weighted by Crippen LogP contribution is -2.39. The van der Waals surface area contributed by atoms with E-state index in [2.05, 4.69) is 0 Å². The number of nitrogens with zero attached hydrogens (tertiary/aromatic N) is 2. The smallest absolute Gasteiger partial charge is 0.416 e. The zero-order valence-electron chi connectivity index (χ0n) is 27.9. The molecule has 3 aromatic rings. The summed E-state index contributed by atoms with van der Waals surface area (Å²) in [5.41, 5.74) is 2.90. The Bertz CT molecular complexity index is 1710. The van der Waals surface area contributed by atoms with Crippen LogP contribution in [0.25, 0.3) is 11.1 Å². The molecule has 0 saturated carbocycles. The maximum Gasteiger partial charge on any atom is 0.416 e. The van der Waals surface area contributed by atoms with Crippen molar-refractivity contribution < 1.29 is 32.3 Å². The van der Waals surface area contributed by atoms with Gasteiger partial charge in [0.25, 0.3) is 5.56 Å². The summed E-state index contributed by atoms with van der Waals surface area (Å²) in [4.78, 5) is 41.4. The average molecular weight is 657 g/mol. The molecule has 1 aromatic heterocycles. The molecule has 0 amide bonds. The molecule has 2 aromatic carbocycles. The predicted octanol–water partition coefficient (Wildman–Crippen LogP) is 7.96. The molecule has 1 N–H and O–H groups in total. The minimum atomic E-state index is -4.75. The normalized spacial score (nSPS) is 15.0. The fourth-order valence-electron chi connectivity index (χ4n) is 6.54. The van der Waals surface area contributed by atoms with Gasteiger partial charge in [0.15, 0.2) is 5.78 Å². The summed E-state index contributed by atoms with van der Waals surface area (Å²) in [6, 6.07) is 6.67. The van der Waals surface area contributed by atoms with Crippen LogP contribution in [-0.4, -0.2) is 46.0 Å². The van der Waals surface area contributed by atoms with Crippen LogP contribution in [0.15, 0.2) is 41.3 Å². The highest BCUT2D eigenvalue weighted by Gasteiger charge is 2.36. The molecule has 4 rings (SSSR count). The lowest BCUT2D eigenvalue weighted by Gasteiger charge is -2.31. The van der Waals surface area contributed by atoms with Crippen molar-refractivity contribution in [2.24, 2.45) is 5.92 Å². The van der Waals surface area contributed by atoms with Gasteiger partial charge in [0.1, 0.15) is 5.82 Å². The van der Waals surface area contributed by atoms with Crippen LogP contribution in [0, 0.1) is 39.4 Å². The van der Waals surface area contributed by atoms with Gasteiger partial charge in [-0.2, -0.15) is 13.2 Å². The van der Waals surface area contributed by atoms with Crippen molar-refractivity contribution in [3.8, 4) is 11.1 Å². The van der Waals surface area contributed by atoms with Gasteiger partial charge in [-0.15, -0.1) is 0 Å². The average Bonchev–Trinajstić information content (AvgIpc) is 2.94. The summed E-state index contributed by atoms with van der Waals surface area (Å²) in [6.07, 6.45) is -3.40. The fraction of sp³-hybridized carbons (Fsp3) is 0.486. The fourth-order valence-corrected chi connectivity index (χ4v) is 6.54. The van der Waals surface area contributed by atoms with Crippen molar-refractivity contribution in [1.82, 2.24) is 9.47 Å². The minimum Gasteiger partial charge on any atom is -0.481 e. The molecule has 6 nitrogen and oxygen atoms in total. The summed E-state index contributed by atoms with van der Waals surface area (Å²) in [6.45, 7) is 13.1. The Morgan fingerprint density at radius 3 is 2.19 bits per heavy atom. The second-order valence-corrected chi connectivity index (χ2v) is 13.4. The number of halogens is 4. The van der Waals surface area contributed by atoms with E-state index in [1.807, 2.05) is 51.7 Å². The van der Waals surface area contributed by atoms with E-state index in [1.165, 1.54) is 0 Å². The molecule has 0 spiro atoms. The third-order valence-corrected chi connectivity index (χ3v) is 9.34. The molecule has 1 aliphatic heterocycles. The quantitative estimate of drug-likeness (QED) is 0.189. The van der Waals surface area contributed by atoms with E-state index in [-0.39, 0.29) is 29.9 Å². The van der Waals surface area contributed by atoms with Gasteiger partial charge in [-0.3, -0.25) is 14.4 Å². The molecule has 0 aliphatic carbocycles. The highest BCUT2D eigenvalue weighted by Crippen LogP contribution is 2.38. The number of aromatic nitrogens is 1. The molecule has 2 atom stereocenters. The van der Waals surface area contributed by atoms with Crippen molar-refractivity contribution in [1.29, 1.82) is 0 Å². The summed E-state index contributed by atoms with van der Waals surface area (Å²) < 4.78 is 58.9. The molecule has 0 radical (unpaired) electrons. The number of carbonyl (C=O) groups is 2. The Morgan fingerprint density at radius 1 is 0.957 bits per heavy atom. The number of ketones is 1. The summed E-state index contributed by atoms with van der Waals surface area (Å²) in [5.74, 6) is -3.58. The van der Waals surface area contributed by atoms with Gasteiger partial charge >= 0.3 is 12.1 Å². The molecular weight excluding hydrogens is 612 g/mol. The molecule has 2 heterocycles. The number of carbonyl (C=O) groups excluding carboxylic acids is 1. The number of pyridine rings is 1. The van der Waals surface area contributed by atoms with Gasteiger partial charge in [-0.05, 0) is 123 Å². The Morgan fingerprint density at radius 2 is 1.62 bits per heavy atom. The molecular formula is C37H44F4N2O4. The van der Waals surface area contributed by atoms with Crippen LogP contribution in [0.5, 0.6) is 0 Å². The molecule has 0 bridgehead atoms. The molecule has 1 aliphatic rings. The number of alkyl halides is 3. The van der Waals surface area contributed by atoms with E-state index < -0.39 is 59.7 Å². The predicted molar refractivity (Wildman–Crippen MR) is 174 cm³/mol. The van der Waals surface area contributed by atoms with E-state index in [0.29, 0.717) is 23.7 Å². The first-order valence-corrected chi connectivity index (χ1v) is 16.1. The third-order valence-electron chi connectivity index (χ3n) is 9.34. The van der Waals surface area contributed by atoms with Gasteiger partial charge < -0.3 is 14.6 Å². The number of carboxylic acids is 1. The zero-order valence-corrected chi connectivity index (χ0v) is 27.9. The first-order chi connectivity index (χ1) is 22.0. The van der Waals surface area contributed by atoms with Gasteiger partial charge in [0, 0.05) is 31.1 Å². The Labute approximate surface area is 273 Å². The van der Waals surface area contributed by atoms with Crippen LogP contribution in [0.4, 0.5) is 17.6 Å². The van der Waals surface area contributed by atoms with Gasteiger partial charge in [-0.1, -0.05) is 26.0 Å². The first-order valence-electron chi connectivity index (χ1n) is 16.1. The van der Waals surface area contributed by atoms with Crippen molar-refractivity contribution >= 4 is 11.8 Å². The Balaban J connectivity index is 1.78. The number of rotatable bonds is 13. The standard InChI is InChI=1S/C37H44F4N2O4/c1-21(2)14-31(43-20-26(10-13-42-11-7-12-42)30(19-33(43)45)37(39,40)41)32(44)17-27(18-34(46)47)29-16-28(15-24(5)36(29)38)35-23(4)9-8-22(3)25(35)6/h8-9,15-16,19-21,27,31H,7,10-14,17-18H2,1-6H3,(H,46,47)/t27-,31-/m0/s1. The molecule has 47 heavy (non-hydrogen) atoms. The lowest BCUT2D eigenvalue weighted by molar-refractivity contribution is -0.139. The molecule has 0 unspecified atom stereocenters. The van der Waals surface area contributed by atoms with Crippen LogP contribution < -0.4 is 5.56 Å². The minimum absolute atomic E-state index is 0.0500. The van der Waals surface area contributed by atoms with E-state index in [9.17, 15) is 32.7 Å². The third kappa shape index (κ3) is 8.39. The lowest BCUT2D eigenvalue weighted by atomic mass is 9.83. The van der Waals surface area contributed by atoms with Crippen LogP contribution in [-0.2, 0) is 22.2 Å². The Hall–Kier alpha value is -3.79. The van der Waals surface area contributed by atoms with E-state index in [1.54, 1.807) is 19.1 Å². The number of aryl methyl sites for hydroxylation is 3. The SMILES string of the molecule is Cc1ccc(C)c(-c2cc(C)c(F)c([C@H](CC(=O)O)CC(=O)[C@H](CC(C)C)n3cc(CCN4CCC4)c(C(F)(F)F)cc3=O)c2)c1C. The maximum atomic E-state index is 15.9. The van der Waals surface area contributed by atoms with Crippen LogP contribution in [0.2, 0.25) is 0 Å². The van der Waals surface area contributed by atoms with E-state index in [4.69, 9.17) is 0 Å². The van der Waals surface area contributed by atoms with E-state index in [0.717, 1.165) is 52.5 Å². The maximum absolute atomic E-state index is 15.9. The second kappa shape index (κ2) is 14.5. The van der Waals surface area contributed by atoms with Crippen molar-refractivity contribution in [2.75, 3.05) is 19.6 Å². The number of Topliss-reactive ketones (excluding diaryl/α,β-unsaturated/α-hetero) is 1. The highest BCUT2D eigenvalue weighted by atomic mass is 19.4. The van der Waals surface area contributed by atoms with Crippen LogP contribution >= 0.6 is 0 Å². The van der Waals surface area contributed by atoms with Crippen molar-refractivity contribution in [3.63, 3.8) is 0 Å². The summed E-state index contributed by atoms with van der Waals surface area (Å²) in [7, 11) is 0. The van der Waals surface area contributed by atoms with Crippen molar-refractivity contribution in [3.05, 3.63) is 91.6 Å². The zero-order chi connectivity index (χ0) is 34.8. The number of aliphatic carboxylic acids is 1. The second-order valence-electron chi connectivity index (χ2n) is 13.4. The highest BCUT2D eigenvalue weighted by molar-refractivity contribution is 5.84. The van der Waals surface area contributed by atoms with Gasteiger partial charge in [-0.25, -0.2) is 4.39 Å². The topological polar surface area (TPSA) is 79.6 Å². The van der Waals surface area contributed by atoms with E-state index >= 15 is 4.39 Å². The van der Waals surface area contributed by atoms with Gasteiger partial charge in [0.2, 0.25) is 0 Å². The molecule has 1 saturated heterocycles. The van der Waals surface area contributed by atoms with Crippen molar-refractivity contribution in [2.45, 2.75) is 91.8 Å². The molecule has 1 fully saturated rings. The monoisotopic (exact) mass is 656 g/mol. The largest absolute Gasteiger partial charge is 0.481 e. The number of benzene rings is 2. The molecule has 254 valence electrons. The van der Waals surface area contributed by atoms with Crippen LogP contribution in [0.1, 0.15) is 90.4 Å². The Kier molecular flexibility index (Phi) is 11.2. The number of likely N-dealkylation sites (tertiary alicyclic amines) is 1. The van der Waals surface area contributed by atoms with Crippen LogP contribution in [0.3, 0.4) is 0 Å². The number of carboxylic acid groups (broad SMARTS) is 1. The summed E-state index contributed by atoms with van der Waals surface area (Å²) >= 11 is 0. The molecule has 10 heteroatoms. The summed E-state index contributed by atoms with van der Waals surface area (Å²) in [5, 5.41) is 9.85. The first kappa shape index (κ1) is 36.1. The number of hydrogen-bond acceptors (Lipinski definition) is 4. The van der Waals surface area contributed by atoms with Gasteiger partial charge in [0.05, 0.1) is 18.0 Å².